The van der Waals surface area contributed by atoms with Crippen LogP contribution in [-0.2, 0) is 21.2 Å². The molecular weight excluding hydrogens is 386 g/mol. The van der Waals surface area contributed by atoms with Crippen molar-refractivity contribution >= 4 is 33.2 Å². The van der Waals surface area contributed by atoms with Crippen LogP contribution < -0.4 is 10.5 Å². The average molecular weight is 408 g/mol. The van der Waals surface area contributed by atoms with Crippen molar-refractivity contribution in [3.05, 3.63) is 52.2 Å². The summed E-state index contributed by atoms with van der Waals surface area (Å²) >= 11 is 1.37. The van der Waals surface area contributed by atoms with Crippen LogP contribution in [0.2, 0.25) is 0 Å². The monoisotopic (exact) mass is 407 g/mol. The number of nitrogens with two attached hydrogens (primary N) is 1. The van der Waals surface area contributed by atoms with Crippen molar-refractivity contribution in [3.8, 4) is 0 Å². The summed E-state index contributed by atoms with van der Waals surface area (Å²) in [6.45, 7) is 0.995. The zero-order chi connectivity index (χ0) is 19.4. The molecule has 0 spiro atoms. The number of sulfonamides is 1. The van der Waals surface area contributed by atoms with E-state index in [4.69, 9.17) is 5.14 Å². The van der Waals surface area contributed by atoms with Crippen LogP contribution in [0.3, 0.4) is 0 Å². The molecule has 0 unspecified atom stereocenters. The summed E-state index contributed by atoms with van der Waals surface area (Å²) in [6, 6.07) is 9.40. The van der Waals surface area contributed by atoms with E-state index in [-0.39, 0.29) is 16.7 Å². The molecule has 2 aromatic rings. The van der Waals surface area contributed by atoms with Crippen LogP contribution in [0, 0.1) is 0 Å². The lowest BCUT2D eigenvalue weighted by Gasteiger charge is -2.23. The van der Waals surface area contributed by atoms with E-state index in [9.17, 15) is 18.0 Å². The molecule has 1 saturated heterocycles. The first kappa shape index (κ1) is 19.5. The Kier molecular flexibility index (Phi) is 5.93. The number of benzene rings is 1. The van der Waals surface area contributed by atoms with Gasteiger partial charge in [0.15, 0.2) is 0 Å². The minimum atomic E-state index is -3.70. The number of hydrogen-bond donors (Lipinski definition) is 2. The molecule has 0 aliphatic carbocycles. The summed E-state index contributed by atoms with van der Waals surface area (Å²) in [6.07, 6.45) is 2.03. The second kappa shape index (κ2) is 8.20. The molecule has 1 aliphatic heterocycles. The molecule has 1 aromatic heterocycles. The molecule has 9 heteroatoms. The lowest BCUT2D eigenvalue weighted by molar-refractivity contribution is -0.124. The topological polar surface area (TPSA) is 110 Å². The van der Waals surface area contributed by atoms with E-state index in [0.717, 1.165) is 12.0 Å². The van der Waals surface area contributed by atoms with Crippen LogP contribution >= 0.6 is 11.3 Å². The van der Waals surface area contributed by atoms with Crippen molar-refractivity contribution in [1.29, 1.82) is 0 Å². The first-order valence-electron chi connectivity index (χ1n) is 8.60. The van der Waals surface area contributed by atoms with Crippen LogP contribution in [0.4, 0.5) is 0 Å². The maximum Gasteiger partial charge on any atom is 0.264 e. The number of carbonyl (C=O) groups excluding carboxylic acids is 2. The summed E-state index contributed by atoms with van der Waals surface area (Å²) in [5, 5.41) is 9.80. The second-order valence-electron chi connectivity index (χ2n) is 6.36. The van der Waals surface area contributed by atoms with Crippen molar-refractivity contribution < 1.29 is 18.0 Å². The Bertz CT molecular complexity index is 909. The Morgan fingerprint density at radius 2 is 1.96 bits per heavy atom. The van der Waals surface area contributed by atoms with Gasteiger partial charge in [-0.15, -0.1) is 11.3 Å². The van der Waals surface area contributed by atoms with E-state index in [0.29, 0.717) is 30.8 Å². The van der Waals surface area contributed by atoms with Crippen molar-refractivity contribution in [3.63, 3.8) is 0 Å². The van der Waals surface area contributed by atoms with Gasteiger partial charge in [0.25, 0.3) is 5.91 Å². The van der Waals surface area contributed by atoms with Crippen molar-refractivity contribution in [2.24, 2.45) is 5.14 Å². The van der Waals surface area contributed by atoms with Gasteiger partial charge < -0.3 is 10.2 Å². The van der Waals surface area contributed by atoms with Gasteiger partial charge in [-0.3, -0.25) is 9.59 Å². The molecule has 144 valence electrons. The SMILES string of the molecule is NS(=O)(=O)c1ccc(CCNC(=O)[C@@H]2CCCN2C(=O)c2cccs2)cc1. The third-order valence-corrected chi connectivity index (χ3v) is 6.30. The molecule has 27 heavy (non-hydrogen) atoms. The van der Waals surface area contributed by atoms with Gasteiger partial charge in [-0.2, -0.15) is 0 Å². The van der Waals surface area contributed by atoms with Crippen molar-refractivity contribution in [1.82, 2.24) is 10.2 Å². The number of hydrogen-bond acceptors (Lipinski definition) is 5. The summed E-state index contributed by atoms with van der Waals surface area (Å²) in [5.74, 6) is -0.250. The number of nitrogens with one attached hydrogen (secondary N) is 1. The first-order chi connectivity index (χ1) is 12.9. The van der Waals surface area contributed by atoms with Gasteiger partial charge in [-0.1, -0.05) is 18.2 Å². The second-order valence-corrected chi connectivity index (χ2v) is 8.87. The van der Waals surface area contributed by atoms with Crippen LogP contribution in [-0.4, -0.2) is 44.3 Å². The van der Waals surface area contributed by atoms with Crippen LogP contribution in [0.25, 0.3) is 0 Å². The van der Waals surface area contributed by atoms with E-state index < -0.39 is 16.1 Å². The molecule has 3 rings (SSSR count). The zero-order valence-corrected chi connectivity index (χ0v) is 16.3. The minimum absolute atomic E-state index is 0.0592. The number of carbonyl (C=O) groups is 2. The molecule has 0 radical (unpaired) electrons. The van der Waals surface area contributed by atoms with Crippen LogP contribution in [0.5, 0.6) is 0 Å². The van der Waals surface area contributed by atoms with Crippen LogP contribution in [0.15, 0.2) is 46.7 Å². The normalized spacial score (nSPS) is 17.1. The molecule has 7 nitrogen and oxygen atoms in total. The highest BCUT2D eigenvalue weighted by molar-refractivity contribution is 7.89. The maximum atomic E-state index is 12.5. The van der Waals surface area contributed by atoms with E-state index in [1.165, 1.54) is 23.5 Å². The number of rotatable bonds is 6. The summed E-state index contributed by atoms with van der Waals surface area (Å²) in [7, 11) is -3.70. The molecule has 0 saturated carbocycles. The first-order valence-corrected chi connectivity index (χ1v) is 11.0. The van der Waals surface area contributed by atoms with Gasteiger partial charge in [-0.25, -0.2) is 13.6 Å². The third kappa shape index (κ3) is 4.74. The highest BCUT2D eigenvalue weighted by atomic mass is 32.2. The van der Waals surface area contributed by atoms with E-state index in [1.54, 1.807) is 23.1 Å². The number of nitrogens with zero attached hydrogens (tertiary/aromatic N) is 1. The quantitative estimate of drug-likeness (QED) is 0.753. The van der Waals surface area contributed by atoms with Gasteiger partial charge in [0.05, 0.1) is 9.77 Å². The molecule has 2 amide bonds. The van der Waals surface area contributed by atoms with E-state index >= 15 is 0 Å². The Labute approximate surface area is 162 Å². The van der Waals surface area contributed by atoms with Gasteiger partial charge in [-0.05, 0) is 48.4 Å². The van der Waals surface area contributed by atoms with Gasteiger partial charge >= 0.3 is 0 Å². The summed E-state index contributed by atoms with van der Waals surface area (Å²) in [4.78, 5) is 27.4. The average Bonchev–Trinajstić information content (AvgIpc) is 3.32. The number of primary sulfonamides is 1. The Hall–Kier alpha value is -2.23. The van der Waals surface area contributed by atoms with Crippen molar-refractivity contribution in [2.75, 3.05) is 13.1 Å². The predicted molar refractivity (Wildman–Crippen MR) is 103 cm³/mol. The highest BCUT2D eigenvalue weighted by Crippen LogP contribution is 2.22. The molecule has 1 fully saturated rings. The lowest BCUT2D eigenvalue weighted by Crippen LogP contribution is -2.46. The molecule has 1 aliphatic rings. The summed E-state index contributed by atoms with van der Waals surface area (Å²) < 4.78 is 22.5. The van der Waals surface area contributed by atoms with Crippen LogP contribution in [0.1, 0.15) is 28.1 Å². The van der Waals surface area contributed by atoms with E-state index in [2.05, 4.69) is 5.32 Å². The van der Waals surface area contributed by atoms with Gasteiger partial charge in [0.2, 0.25) is 15.9 Å². The Morgan fingerprint density at radius 3 is 2.59 bits per heavy atom. The fourth-order valence-electron chi connectivity index (χ4n) is 3.12. The molecule has 1 aromatic carbocycles. The fraction of sp³-hybridized carbons (Fsp3) is 0.333. The van der Waals surface area contributed by atoms with Gasteiger partial charge in [0.1, 0.15) is 6.04 Å². The van der Waals surface area contributed by atoms with E-state index in [1.807, 2.05) is 11.4 Å². The lowest BCUT2D eigenvalue weighted by atomic mass is 10.1. The number of likely N-dealkylation sites (tertiary alicyclic amines) is 1. The standard InChI is InChI=1S/C18H21N3O4S2/c19-27(24,25)14-7-5-13(6-8-14)9-10-20-17(22)15-3-1-11-21(15)18(23)16-4-2-12-26-16/h2,4-8,12,15H,1,3,9-11H2,(H,20,22)(H2,19,24,25)/t15-/m0/s1. The predicted octanol–water partition coefficient (Wildman–Crippen LogP) is 1.36. The number of amides is 2. The Morgan fingerprint density at radius 1 is 1.22 bits per heavy atom. The fourth-order valence-corrected chi connectivity index (χ4v) is 4.31. The highest BCUT2D eigenvalue weighted by Gasteiger charge is 2.34. The molecule has 2 heterocycles. The smallest absolute Gasteiger partial charge is 0.264 e. The molecule has 1 atom stereocenters. The Balaban J connectivity index is 1.53. The maximum absolute atomic E-state index is 12.5. The number of thiophene rings is 1. The molecular formula is C18H21N3O4S2. The van der Waals surface area contributed by atoms with Gasteiger partial charge in [0, 0.05) is 13.1 Å². The third-order valence-electron chi connectivity index (χ3n) is 4.51. The zero-order valence-electron chi connectivity index (χ0n) is 14.6. The molecule has 3 N–H and O–H groups in total. The minimum Gasteiger partial charge on any atom is -0.354 e. The summed E-state index contributed by atoms with van der Waals surface area (Å²) in [5.41, 5.74) is 0.889. The largest absolute Gasteiger partial charge is 0.354 e. The van der Waals surface area contributed by atoms with Crippen molar-refractivity contribution in [2.45, 2.75) is 30.2 Å². The molecule has 0 bridgehead atoms.